The minimum atomic E-state index is 0.230. The van der Waals surface area contributed by atoms with Gasteiger partial charge in [0.05, 0.1) is 11.8 Å². The van der Waals surface area contributed by atoms with Gasteiger partial charge in [-0.05, 0) is 45.4 Å². The molecule has 0 fully saturated rings. The van der Waals surface area contributed by atoms with Crippen molar-refractivity contribution in [3.63, 3.8) is 0 Å². The van der Waals surface area contributed by atoms with Crippen molar-refractivity contribution >= 4 is 5.71 Å². The predicted molar refractivity (Wildman–Crippen MR) is 90.2 cm³/mol. The van der Waals surface area contributed by atoms with Crippen LogP contribution in [-0.2, 0) is 0 Å². The van der Waals surface area contributed by atoms with Crippen molar-refractivity contribution in [1.29, 1.82) is 0 Å². The topological polar surface area (TPSA) is 24.4 Å². The molecule has 1 aliphatic rings. The van der Waals surface area contributed by atoms with Crippen LogP contribution in [0.2, 0.25) is 0 Å². The van der Waals surface area contributed by atoms with Crippen molar-refractivity contribution in [2.24, 2.45) is 10.9 Å². The second-order valence-electron chi connectivity index (χ2n) is 5.84. The highest BCUT2D eigenvalue weighted by Crippen LogP contribution is 2.16. The summed E-state index contributed by atoms with van der Waals surface area (Å²) >= 11 is 0. The maximum atomic E-state index is 4.77. The van der Waals surface area contributed by atoms with E-state index in [2.05, 4.69) is 44.5 Å². The van der Waals surface area contributed by atoms with Crippen LogP contribution in [0.3, 0.4) is 0 Å². The quantitative estimate of drug-likeness (QED) is 0.505. The van der Waals surface area contributed by atoms with Gasteiger partial charge in [0.2, 0.25) is 0 Å². The van der Waals surface area contributed by atoms with Gasteiger partial charge in [0.15, 0.2) is 0 Å². The molecule has 112 valence electrons. The number of nitrogens with zero attached hydrogens (tertiary/aromatic N) is 1. The van der Waals surface area contributed by atoms with E-state index in [-0.39, 0.29) is 6.04 Å². The molecule has 0 aromatic carbocycles. The van der Waals surface area contributed by atoms with Gasteiger partial charge in [-0.1, -0.05) is 44.2 Å². The van der Waals surface area contributed by atoms with E-state index in [4.69, 9.17) is 4.99 Å². The van der Waals surface area contributed by atoms with Crippen molar-refractivity contribution in [1.82, 2.24) is 5.32 Å². The first-order valence-corrected chi connectivity index (χ1v) is 7.84. The van der Waals surface area contributed by atoms with Gasteiger partial charge in [-0.2, -0.15) is 0 Å². The zero-order valence-corrected chi connectivity index (χ0v) is 13.4. The van der Waals surface area contributed by atoms with E-state index in [0.29, 0.717) is 5.92 Å². The van der Waals surface area contributed by atoms with Gasteiger partial charge in [0.25, 0.3) is 0 Å². The van der Waals surface area contributed by atoms with Crippen LogP contribution in [0.5, 0.6) is 0 Å². The number of aliphatic imine (C=N–C) groups is 1. The molecule has 0 saturated carbocycles. The van der Waals surface area contributed by atoms with Crippen LogP contribution in [-0.4, -0.2) is 18.3 Å². The van der Waals surface area contributed by atoms with Crippen LogP contribution in [0.25, 0.3) is 0 Å². The van der Waals surface area contributed by atoms with Gasteiger partial charge in [-0.15, -0.1) is 0 Å². The lowest BCUT2D eigenvalue weighted by Crippen LogP contribution is -2.25. The molecular weight excluding hydrogens is 244 g/mol. The molecule has 0 saturated heterocycles. The molecule has 2 unspecified atom stereocenters. The van der Waals surface area contributed by atoms with E-state index in [0.717, 1.165) is 36.4 Å². The molecule has 20 heavy (non-hydrogen) atoms. The summed E-state index contributed by atoms with van der Waals surface area (Å²) in [5.41, 5.74) is 3.09. The van der Waals surface area contributed by atoms with E-state index in [1.165, 1.54) is 19.3 Å². The Bertz CT molecular complexity index is 390. The predicted octanol–water partition coefficient (Wildman–Crippen LogP) is 4.65. The summed E-state index contributed by atoms with van der Waals surface area (Å²) in [7, 11) is 0. The number of hydrogen-bond donors (Lipinski definition) is 1. The highest BCUT2D eigenvalue weighted by atomic mass is 14.9. The monoisotopic (exact) mass is 274 g/mol. The SMILES string of the molecule is C=C(NCC1C=CCCC1)C(C)=NC(CCC)C(=C)C. The average Bonchev–Trinajstić information content (AvgIpc) is 2.45. The van der Waals surface area contributed by atoms with Crippen molar-refractivity contribution in [2.45, 2.75) is 58.9 Å². The van der Waals surface area contributed by atoms with Gasteiger partial charge >= 0.3 is 0 Å². The second kappa shape index (κ2) is 8.78. The first-order valence-electron chi connectivity index (χ1n) is 7.84. The van der Waals surface area contributed by atoms with Gasteiger partial charge < -0.3 is 5.32 Å². The Morgan fingerprint density at radius 1 is 1.40 bits per heavy atom. The lowest BCUT2D eigenvalue weighted by molar-refractivity contribution is 0.521. The fourth-order valence-electron chi connectivity index (χ4n) is 2.44. The number of hydrogen-bond acceptors (Lipinski definition) is 2. The van der Waals surface area contributed by atoms with E-state index in [1.807, 2.05) is 6.92 Å². The highest BCUT2D eigenvalue weighted by Gasteiger charge is 2.11. The smallest absolute Gasteiger partial charge is 0.0707 e. The summed E-state index contributed by atoms with van der Waals surface area (Å²) in [6, 6.07) is 0.230. The summed E-state index contributed by atoms with van der Waals surface area (Å²) in [5.74, 6) is 0.640. The minimum absolute atomic E-state index is 0.230. The summed E-state index contributed by atoms with van der Waals surface area (Å²) in [5, 5.41) is 3.43. The van der Waals surface area contributed by atoms with Gasteiger partial charge in [-0.3, -0.25) is 4.99 Å². The first-order chi connectivity index (χ1) is 9.54. The maximum absolute atomic E-state index is 4.77. The normalized spacial score (nSPS) is 20.6. The van der Waals surface area contributed by atoms with Gasteiger partial charge in [-0.25, -0.2) is 0 Å². The molecular formula is C18H30N2. The Hall–Kier alpha value is -1.31. The van der Waals surface area contributed by atoms with Crippen LogP contribution in [0.4, 0.5) is 0 Å². The molecule has 2 heteroatoms. The molecule has 1 N–H and O–H groups in total. The molecule has 0 aliphatic heterocycles. The molecule has 0 bridgehead atoms. The average molecular weight is 274 g/mol. The molecule has 1 aliphatic carbocycles. The molecule has 0 radical (unpaired) electrons. The van der Waals surface area contributed by atoms with Crippen LogP contribution in [0.1, 0.15) is 52.9 Å². The van der Waals surface area contributed by atoms with Crippen molar-refractivity contribution in [3.05, 3.63) is 36.6 Å². The lowest BCUT2D eigenvalue weighted by atomic mass is 9.96. The van der Waals surface area contributed by atoms with Crippen LogP contribution >= 0.6 is 0 Å². The lowest BCUT2D eigenvalue weighted by Gasteiger charge is -2.19. The first kappa shape index (κ1) is 16.7. The molecule has 0 amide bonds. The summed E-state index contributed by atoms with van der Waals surface area (Å²) in [6.45, 7) is 15.4. The maximum Gasteiger partial charge on any atom is 0.0707 e. The van der Waals surface area contributed by atoms with Gasteiger partial charge in [0, 0.05) is 12.2 Å². The molecule has 2 atom stereocenters. The van der Waals surface area contributed by atoms with Crippen LogP contribution in [0, 0.1) is 5.92 Å². The number of nitrogens with one attached hydrogen (secondary N) is 1. The Morgan fingerprint density at radius 2 is 2.15 bits per heavy atom. The Morgan fingerprint density at radius 3 is 2.70 bits per heavy atom. The fraction of sp³-hybridized carbons (Fsp3) is 0.611. The fourth-order valence-corrected chi connectivity index (χ4v) is 2.44. The molecule has 0 heterocycles. The van der Waals surface area contributed by atoms with Crippen molar-refractivity contribution < 1.29 is 0 Å². The molecule has 0 aromatic heterocycles. The van der Waals surface area contributed by atoms with E-state index < -0.39 is 0 Å². The van der Waals surface area contributed by atoms with Crippen molar-refractivity contribution in [3.8, 4) is 0 Å². The zero-order valence-electron chi connectivity index (χ0n) is 13.4. The largest absolute Gasteiger partial charge is 0.383 e. The van der Waals surface area contributed by atoms with Crippen LogP contribution in [0.15, 0.2) is 41.6 Å². The third-order valence-electron chi connectivity index (χ3n) is 3.85. The summed E-state index contributed by atoms with van der Waals surface area (Å²) < 4.78 is 0. The highest BCUT2D eigenvalue weighted by molar-refractivity contribution is 5.97. The molecule has 2 nitrogen and oxygen atoms in total. The van der Waals surface area contributed by atoms with E-state index in [9.17, 15) is 0 Å². The Kier molecular flexibility index (Phi) is 7.35. The Balaban J connectivity index is 2.49. The molecule has 1 rings (SSSR count). The van der Waals surface area contributed by atoms with Crippen molar-refractivity contribution in [2.75, 3.05) is 6.54 Å². The number of rotatable bonds is 8. The van der Waals surface area contributed by atoms with E-state index in [1.54, 1.807) is 0 Å². The van der Waals surface area contributed by atoms with E-state index >= 15 is 0 Å². The third-order valence-corrected chi connectivity index (χ3v) is 3.85. The summed E-state index contributed by atoms with van der Waals surface area (Å²) in [4.78, 5) is 4.77. The van der Waals surface area contributed by atoms with Crippen LogP contribution < -0.4 is 5.32 Å². The number of allylic oxidation sites excluding steroid dienone is 2. The second-order valence-corrected chi connectivity index (χ2v) is 5.84. The summed E-state index contributed by atoms with van der Waals surface area (Å²) in [6.07, 6.45) is 10.6. The zero-order chi connectivity index (χ0) is 15.0. The third kappa shape index (κ3) is 5.77. The standard InChI is InChI=1S/C18H30N2/c1-6-10-18(14(2)3)20-16(5)15(4)19-13-17-11-8-7-9-12-17/h8,11,17-19H,2,4,6-7,9-10,12-13H2,1,3,5H3. The molecule has 0 aromatic rings. The molecule has 0 spiro atoms. The van der Waals surface area contributed by atoms with Gasteiger partial charge in [0.1, 0.15) is 0 Å². The Labute approximate surface area is 124 Å². The minimum Gasteiger partial charge on any atom is -0.383 e.